The van der Waals surface area contributed by atoms with Crippen LogP contribution in [0.15, 0.2) is 52.9 Å². The van der Waals surface area contributed by atoms with Crippen LogP contribution in [0.5, 0.6) is 0 Å². The molecule has 0 bridgehead atoms. The summed E-state index contributed by atoms with van der Waals surface area (Å²) in [7, 11) is 0. The minimum atomic E-state index is -0.213. The van der Waals surface area contributed by atoms with Crippen LogP contribution in [0, 0.1) is 6.92 Å². The van der Waals surface area contributed by atoms with E-state index in [1.165, 1.54) is 5.56 Å². The number of nitrogens with one attached hydrogen (secondary N) is 1. The number of carbonyl (C=O) groups is 1. The van der Waals surface area contributed by atoms with E-state index in [9.17, 15) is 4.79 Å². The maximum Gasteiger partial charge on any atom is 0.291 e. The number of para-hydroxylation sites is 1. The molecule has 0 aliphatic heterocycles. The molecule has 0 aliphatic rings. The Balaban J connectivity index is 1.90. The highest BCUT2D eigenvalue weighted by Crippen LogP contribution is 2.26. The lowest BCUT2D eigenvalue weighted by molar-refractivity contribution is 0.0998. The third-order valence-corrected chi connectivity index (χ3v) is 3.86. The molecular formula is C19H19NO2. The molecule has 1 N–H and O–H groups in total. The fourth-order valence-electron chi connectivity index (χ4n) is 2.55. The summed E-state index contributed by atoms with van der Waals surface area (Å²) < 4.78 is 5.70. The van der Waals surface area contributed by atoms with Gasteiger partial charge in [-0.3, -0.25) is 4.79 Å². The SMILES string of the molecule is Cc1c(C(=O)Nc2cccc(C(C)C)c2)oc2ccccc12. The van der Waals surface area contributed by atoms with Crippen molar-refractivity contribution in [1.29, 1.82) is 0 Å². The largest absolute Gasteiger partial charge is 0.451 e. The van der Waals surface area contributed by atoms with Crippen molar-refractivity contribution in [1.82, 2.24) is 0 Å². The summed E-state index contributed by atoms with van der Waals surface area (Å²) in [6, 6.07) is 15.6. The number of amides is 1. The van der Waals surface area contributed by atoms with Crippen molar-refractivity contribution in [2.24, 2.45) is 0 Å². The van der Waals surface area contributed by atoms with Crippen LogP contribution in [-0.2, 0) is 0 Å². The molecule has 1 amide bonds. The summed E-state index contributed by atoms with van der Waals surface area (Å²) in [5.74, 6) is 0.579. The molecule has 3 rings (SSSR count). The van der Waals surface area contributed by atoms with Crippen molar-refractivity contribution in [3.05, 3.63) is 65.4 Å². The Bertz CT molecular complexity index is 830. The normalized spacial score (nSPS) is 11.1. The zero-order valence-corrected chi connectivity index (χ0v) is 13.0. The standard InChI is InChI=1S/C19H19NO2/c1-12(2)14-7-6-8-15(11-14)20-19(21)18-13(3)16-9-4-5-10-17(16)22-18/h4-12H,1-3H3,(H,20,21). The van der Waals surface area contributed by atoms with Gasteiger partial charge in [-0.1, -0.05) is 44.2 Å². The highest BCUT2D eigenvalue weighted by atomic mass is 16.3. The second kappa shape index (κ2) is 5.68. The molecule has 3 heteroatoms. The Morgan fingerprint density at radius 1 is 1.09 bits per heavy atom. The van der Waals surface area contributed by atoms with Gasteiger partial charge in [-0.15, -0.1) is 0 Å². The van der Waals surface area contributed by atoms with Crippen LogP contribution in [-0.4, -0.2) is 5.91 Å². The zero-order valence-electron chi connectivity index (χ0n) is 13.0. The number of furan rings is 1. The molecule has 0 saturated carbocycles. The summed E-state index contributed by atoms with van der Waals surface area (Å²) in [5.41, 5.74) is 3.59. The smallest absolute Gasteiger partial charge is 0.291 e. The predicted molar refractivity (Wildman–Crippen MR) is 89.4 cm³/mol. The van der Waals surface area contributed by atoms with E-state index in [4.69, 9.17) is 4.42 Å². The van der Waals surface area contributed by atoms with Crippen molar-refractivity contribution in [2.45, 2.75) is 26.7 Å². The maximum absolute atomic E-state index is 12.5. The quantitative estimate of drug-likeness (QED) is 0.728. The summed E-state index contributed by atoms with van der Waals surface area (Å²) in [6.45, 7) is 6.17. The van der Waals surface area contributed by atoms with E-state index in [1.807, 2.05) is 49.4 Å². The van der Waals surface area contributed by atoms with Gasteiger partial charge >= 0.3 is 0 Å². The molecule has 0 radical (unpaired) electrons. The lowest BCUT2D eigenvalue weighted by Gasteiger charge is -2.09. The average Bonchev–Trinajstić information content (AvgIpc) is 2.85. The van der Waals surface area contributed by atoms with Gasteiger partial charge in [0.1, 0.15) is 5.58 Å². The van der Waals surface area contributed by atoms with E-state index in [2.05, 4.69) is 25.2 Å². The Kier molecular flexibility index (Phi) is 3.72. The molecule has 0 saturated heterocycles. The number of anilines is 1. The Morgan fingerprint density at radius 3 is 2.59 bits per heavy atom. The average molecular weight is 293 g/mol. The van der Waals surface area contributed by atoms with Crippen molar-refractivity contribution in [2.75, 3.05) is 5.32 Å². The molecule has 0 aliphatic carbocycles. The third-order valence-electron chi connectivity index (χ3n) is 3.86. The maximum atomic E-state index is 12.5. The number of hydrogen-bond donors (Lipinski definition) is 1. The van der Waals surface area contributed by atoms with Crippen molar-refractivity contribution in [3.8, 4) is 0 Å². The van der Waals surface area contributed by atoms with Gasteiger partial charge in [-0.25, -0.2) is 0 Å². The van der Waals surface area contributed by atoms with Crippen LogP contribution < -0.4 is 5.32 Å². The summed E-state index contributed by atoms with van der Waals surface area (Å²) in [6.07, 6.45) is 0. The Morgan fingerprint density at radius 2 is 1.86 bits per heavy atom. The molecule has 1 heterocycles. The van der Waals surface area contributed by atoms with Crippen LogP contribution in [0.3, 0.4) is 0 Å². The molecule has 3 nitrogen and oxygen atoms in total. The van der Waals surface area contributed by atoms with E-state index in [-0.39, 0.29) is 5.91 Å². The second-order valence-electron chi connectivity index (χ2n) is 5.79. The Labute approximate surface area is 130 Å². The van der Waals surface area contributed by atoms with Gasteiger partial charge in [-0.2, -0.15) is 0 Å². The Hall–Kier alpha value is -2.55. The van der Waals surface area contributed by atoms with E-state index in [0.717, 1.165) is 22.2 Å². The first-order valence-electron chi connectivity index (χ1n) is 7.45. The van der Waals surface area contributed by atoms with Gasteiger partial charge < -0.3 is 9.73 Å². The first kappa shape index (κ1) is 14.4. The molecule has 3 aromatic rings. The topological polar surface area (TPSA) is 42.2 Å². The third kappa shape index (κ3) is 2.62. The highest BCUT2D eigenvalue weighted by Gasteiger charge is 2.17. The monoisotopic (exact) mass is 293 g/mol. The van der Waals surface area contributed by atoms with E-state index < -0.39 is 0 Å². The summed E-state index contributed by atoms with van der Waals surface area (Å²) in [5, 5.41) is 3.90. The van der Waals surface area contributed by atoms with Gasteiger partial charge in [-0.05, 0) is 36.6 Å². The number of benzene rings is 2. The molecule has 0 spiro atoms. The lowest BCUT2D eigenvalue weighted by atomic mass is 10.0. The molecule has 0 fully saturated rings. The van der Waals surface area contributed by atoms with Gasteiger partial charge in [0.25, 0.3) is 5.91 Å². The van der Waals surface area contributed by atoms with Gasteiger partial charge in [0.2, 0.25) is 0 Å². The molecular weight excluding hydrogens is 274 g/mol. The first-order chi connectivity index (χ1) is 10.6. The van der Waals surface area contributed by atoms with Gasteiger partial charge in [0.05, 0.1) is 0 Å². The van der Waals surface area contributed by atoms with Crippen molar-refractivity contribution >= 4 is 22.6 Å². The minimum Gasteiger partial charge on any atom is -0.451 e. The van der Waals surface area contributed by atoms with Crippen LogP contribution in [0.2, 0.25) is 0 Å². The predicted octanol–water partition coefficient (Wildman–Crippen LogP) is 5.12. The van der Waals surface area contributed by atoms with Gasteiger partial charge in [0.15, 0.2) is 5.76 Å². The number of aryl methyl sites for hydroxylation is 1. The minimum absolute atomic E-state index is 0.213. The molecule has 1 aromatic heterocycles. The van der Waals surface area contributed by atoms with E-state index in [1.54, 1.807) is 0 Å². The van der Waals surface area contributed by atoms with E-state index in [0.29, 0.717) is 11.7 Å². The van der Waals surface area contributed by atoms with Crippen molar-refractivity contribution < 1.29 is 9.21 Å². The van der Waals surface area contributed by atoms with Crippen LogP contribution in [0.1, 0.15) is 41.4 Å². The van der Waals surface area contributed by atoms with Gasteiger partial charge in [0, 0.05) is 16.6 Å². The molecule has 112 valence electrons. The van der Waals surface area contributed by atoms with Crippen LogP contribution in [0.25, 0.3) is 11.0 Å². The summed E-state index contributed by atoms with van der Waals surface area (Å²) in [4.78, 5) is 12.5. The van der Waals surface area contributed by atoms with Crippen LogP contribution >= 0.6 is 0 Å². The molecule has 0 unspecified atom stereocenters. The fourth-order valence-corrected chi connectivity index (χ4v) is 2.55. The number of fused-ring (bicyclic) bond motifs is 1. The molecule has 2 aromatic carbocycles. The highest BCUT2D eigenvalue weighted by molar-refractivity contribution is 6.06. The zero-order chi connectivity index (χ0) is 15.7. The number of rotatable bonds is 3. The number of hydrogen-bond acceptors (Lipinski definition) is 2. The van der Waals surface area contributed by atoms with Crippen LogP contribution in [0.4, 0.5) is 5.69 Å². The first-order valence-corrected chi connectivity index (χ1v) is 7.45. The number of carbonyl (C=O) groups excluding carboxylic acids is 1. The van der Waals surface area contributed by atoms with E-state index >= 15 is 0 Å². The second-order valence-corrected chi connectivity index (χ2v) is 5.79. The van der Waals surface area contributed by atoms with Crippen molar-refractivity contribution in [3.63, 3.8) is 0 Å². The fraction of sp³-hybridized carbons (Fsp3) is 0.211. The lowest BCUT2D eigenvalue weighted by Crippen LogP contribution is -2.12. The molecule has 22 heavy (non-hydrogen) atoms. The molecule has 0 atom stereocenters. The summed E-state index contributed by atoms with van der Waals surface area (Å²) >= 11 is 0.